The molecule has 0 aliphatic rings. The van der Waals surface area contributed by atoms with E-state index in [9.17, 15) is 9.59 Å². The van der Waals surface area contributed by atoms with Crippen LogP contribution in [0.2, 0.25) is 0 Å². The number of nitrogens with one attached hydrogen (secondary N) is 1. The summed E-state index contributed by atoms with van der Waals surface area (Å²) in [7, 11) is 1.34. The molecular weight excluding hydrogens is 194 g/mol. The highest BCUT2D eigenvalue weighted by molar-refractivity contribution is 5.78. The van der Waals surface area contributed by atoms with Crippen molar-refractivity contribution in [3.8, 4) is 0 Å². The van der Waals surface area contributed by atoms with Crippen LogP contribution in [0.25, 0.3) is 0 Å². The SMILES string of the molecule is COC(=O)CC(C)NC(=O)CC(C)(C)C. The average molecular weight is 215 g/mol. The molecule has 0 saturated carbocycles. The maximum absolute atomic E-state index is 11.5. The van der Waals surface area contributed by atoms with Gasteiger partial charge in [-0.3, -0.25) is 9.59 Å². The van der Waals surface area contributed by atoms with Crippen LogP contribution in [0.4, 0.5) is 0 Å². The summed E-state index contributed by atoms with van der Waals surface area (Å²) in [6, 6.07) is -0.174. The summed E-state index contributed by atoms with van der Waals surface area (Å²) < 4.78 is 4.51. The second kappa shape index (κ2) is 5.73. The lowest BCUT2D eigenvalue weighted by Crippen LogP contribution is -2.36. The predicted molar refractivity (Wildman–Crippen MR) is 58.3 cm³/mol. The van der Waals surface area contributed by atoms with Gasteiger partial charge in [-0.2, -0.15) is 0 Å². The summed E-state index contributed by atoms with van der Waals surface area (Å²) in [6.07, 6.45) is 0.672. The number of esters is 1. The van der Waals surface area contributed by atoms with Crippen molar-refractivity contribution in [2.45, 2.75) is 46.6 Å². The smallest absolute Gasteiger partial charge is 0.307 e. The fourth-order valence-corrected chi connectivity index (χ4v) is 1.19. The lowest BCUT2D eigenvalue weighted by atomic mass is 9.92. The fourth-order valence-electron chi connectivity index (χ4n) is 1.19. The van der Waals surface area contributed by atoms with E-state index in [1.54, 1.807) is 6.92 Å². The number of hydrogen-bond acceptors (Lipinski definition) is 3. The third kappa shape index (κ3) is 7.97. The molecule has 0 aliphatic heterocycles. The van der Waals surface area contributed by atoms with Gasteiger partial charge in [-0.1, -0.05) is 20.8 Å². The van der Waals surface area contributed by atoms with Crippen LogP contribution in [0, 0.1) is 5.41 Å². The number of amides is 1. The van der Waals surface area contributed by atoms with Gasteiger partial charge in [-0.15, -0.1) is 0 Å². The zero-order valence-electron chi connectivity index (χ0n) is 10.2. The van der Waals surface area contributed by atoms with Gasteiger partial charge in [0.05, 0.1) is 13.5 Å². The first kappa shape index (κ1) is 13.9. The molecule has 15 heavy (non-hydrogen) atoms. The quantitative estimate of drug-likeness (QED) is 0.723. The summed E-state index contributed by atoms with van der Waals surface area (Å²) in [5.74, 6) is -0.336. The van der Waals surface area contributed by atoms with E-state index in [2.05, 4.69) is 10.1 Å². The summed E-state index contributed by atoms with van der Waals surface area (Å²) in [5, 5.41) is 2.76. The van der Waals surface area contributed by atoms with Crippen molar-refractivity contribution in [1.82, 2.24) is 5.32 Å². The first-order valence-electron chi connectivity index (χ1n) is 5.11. The molecule has 0 aromatic rings. The van der Waals surface area contributed by atoms with Crippen molar-refractivity contribution >= 4 is 11.9 Å². The van der Waals surface area contributed by atoms with Gasteiger partial charge in [0, 0.05) is 12.5 Å². The lowest BCUT2D eigenvalue weighted by molar-refractivity contribution is -0.141. The minimum absolute atomic E-state index is 0.0288. The molecule has 0 heterocycles. The van der Waals surface area contributed by atoms with Crippen LogP contribution in [0.5, 0.6) is 0 Å². The van der Waals surface area contributed by atoms with Crippen LogP contribution in [0.15, 0.2) is 0 Å². The van der Waals surface area contributed by atoms with Crippen LogP contribution in [0.1, 0.15) is 40.5 Å². The maximum atomic E-state index is 11.5. The second-order valence-corrected chi connectivity index (χ2v) is 4.99. The molecule has 0 saturated heterocycles. The van der Waals surface area contributed by atoms with E-state index in [1.165, 1.54) is 7.11 Å². The highest BCUT2D eigenvalue weighted by Gasteiger charge is 2.18. The first-order valence-corrected chi connectivity index (χ1v) is 5.11. The Kier molecular flexibility index (Phi) is 5.33. The molecule has 0 fully saturated rings. The first-order chi connectivity index (χ1) is 6.74. The molecule has 0 radical (unpaired) electrons. The van der Waals surface area contributed by atoms with Crippen molar-refractivity contribution in [1.29, 1.82) is 0 Å². The molecule has 0 aromatic heterocycles. The molecule has 88 valence electrons. The van der Waals surface area contributed by atoms with Crippen molar-refractivity contribution in [3.05, 3.63) is 0 Å². The summed E-state index contributed by atoms with van der Waals surface area (Å²) in [6.45, 7) is 7.78. The standard InChI is InChI=1S/C11H21NO3/c1-8(6-10(14)15-5)12-9(13)7-11(2,3)4/h8H,6-7H2,1-5H3,(H,12,13). The molecule has 0 aliphatic carbocycles. The maximum Gasteiger partial charge on any atom is 0.307 e. The Bertz CT molecular complexity index is 230. The van der Waals surface area contributed by atoms with Gasteiger partial charge < -0.3 is 10.1 Å². The number of rotatable bonds is 4. The number of carbonyl (C=O) groups excluding carboxylic acids is 2. The molecule has 0 spiro atoms. The van der Waals surface area contributed by atoms with E-state index in [0.29, 0.717) is 6.42 Å². The van der Waals surface area contributed by atoms with Gasteiger partial charge in [0.25, 0.3) is 0 Å². The average Bonchev–Trinajstić information content (AvgIpc) is 1.99. The van der Waals surface area contributed by atoms with Crippen molar-refractivity contribution in [2.75, 3.05) is 7.11 Å². The fraction of sp³-hybridized carbons (Fsp3) is 0.818. The Morgan fingerprint density at radius 2 is 1.87 bits per heavy atom. The Labute approximate surface area is 91.4 Å². The summed E-state index contributed by atoms with van der Waals surface area (Å²) in [4.78, 5) is 22.4. The van der Waals surface area contributed by atoms with Crippen molar-refractivity contribution in [3.63, 3.8) is 0 Å². The van der Waals surface area contributed by atoms with E-state index >= 15 is 0 Å². The molecule has 1 amide bonds. The third-order valence-electron chi connectivity index (χ3n) is 1.80. The molecule has 4 heteroatoms. The van der Waals surface area contributed by atoms with Crippen molar-refractivity contribution in [2.24, 2.45) is 5.41 Å². The number of hydrogen-bond donors (Lipinski definition) is 1. The molecule has 1 unspecified atom stereocenters. The van der Waals surface area contributed by atoms with Gasteiger partial charge in [-0.05, 0) is 12.3 Å². The highest BCUT2D eigenvalue weighted by Crippen LogP contribution is 2.17. The molecule has 1 atom stereocenters. The zero-order chi connectivity index (χ0) is 12.1. The van der Waals surface area contributed by atoms with E-state index in [4.69, 9.17) is 0 Å². The highest BCUT2D eigenvalue weighted by atomic mass is 16.5. The van der Waals surface area contributed by atoms with E-state index in [-0.39, 0.29) is 29.8 Å². The Morgan fingerprint density at radius 3 is 2.27 bits per heavy atom. The number of ether oxygens (including phenoxy) is 1. The van der Waals surface area contributed by atoms with Gasteiger partial charge in [0.1, 0.15) is 0 Å². The lowest BCUT2D eigenvalue weighted by Gasteiger charge is -2.19. The molecule has 4 nitrogen and oxygen atoms in total. The Hall–Kier alpha value is -1.06. The molecule has 1 N–H and O–H groups in total. The van der Waals surface area contributed by atoms with Crippen LogP contribution in [0.3, 0.4) is 0 Å². The topological polar surface area (TPSA) is 55.4 Å². The number of methoxy groups -OCH3 is 1. The monoisotopic (exact) mass is 215 g/mol. The minimum Gasteiger partial charge on any atom is -0.469 e. The predicted octanol–water partition coefficient (Wildman–Crippen LogP) is 1.49. The molecule has 0 bridgehead atoms. The van der Waals surface area contributed by atoms with Gasteiger partial charge in [0.15, 0.2) is 0 Å². The van der Waals surface area contributed by atoms with E-state index in [0.717, 1.165) is 0 Å². The normalized spacial score (nSPS) is 13.1. The second-order valence-electron chi connectivity index (χ2n) is 4.99. The Morgan fingerprint density at radius 1 is 1.33 bits per heavy atom. The number of carbonyl (C=O) groups is 2. The Balaban J connectivity index is 3.92. The van der Waals surface area contributed by atoms with Crippen LogP contribution < -0.4 is 5.32 Å². The largest absolute Gasteiger partial charge is 0.469 e. The van der Waals surface area contributed by atoms with E-state index in [1.807, 2.05) is 20.8 Å². The zero-order valence-corrected chi connectivity index (χ0v) is 10.2. The van der Waals surface area contributed by atoms with Crippen molar-refractivity contribution < 1.29 is 14.3 Å². The van der Waals surface area contributed by atoms with E-state index < -0.39 is 0 Å². The minimum atomic E-state index is -0.307. The van der Waals surface area contributed by atoms with Gasteiger partial charge in [0.2, 0.25) is 5.91 Å². The summed E-state index contributed by atoms with van der Waals surface area (Å²) in [5.41, 5.74) is -0.0327. The van der Waals surface area contributed by atoms with Crippen LogP contribution >= 0.6 is 0 Å². The molecular formula is C11H21NO3. The van der Waals surface area contributed by atoms with Gasteiger partial charge >= 0.3 is 5.97 Å². The molecule has 0 aromatic carbocycles. The van der Waals surface area contributed by atoms with Gasteiger partial charge in [-0.25, -0.2) is 0 Å². The van der Waals surface area contributed by atoms with Crippen LogP contribution in [-0.2, 0) is 14.3 Å². The van der Waals surface area contributed by atoms with Crippen LogP contribution in [-0.4, -0.2) is 25.0 Å². The molecule has 0 rings (SSSR count). The third-order valence-corrected chi connectivity index (χ3v) is 1.80. The summed E-state index contributed by atoms with van der Waals surface area (Å²) >= 11 is 0.